The van der Waals surface area contributed by atoms with Crippen molar-refractivity contribution in [1.29, 1.82) is 0 Å². The van der Waals surface area contributed by atoms with E-state index < -0.39 is 5.97 Å². The van der Waals surface area contributed by atoms with Gasteiger partial charge in [0, 0.05) is 13.2 Å². The van der Waals surface area contributed by atoms with E-state index in [1.54, 1.807) is 0 Å². The van der Waals surface area contributed by atoms with E-state index in [4.69, 9.17) is 14.6 Å². The van der Waals surface area contributed by atoms with Crippen LogP contribution in [0.3, 0.4) is 0 Å². The molecule has 0 aromatic heterocycles. The lowest BCUT2D eigenvalue weighted by Gasteiger charge is -2.26. The predicted molar refractivity (Wildman–Crippen MR) is 84.7 cm³/mol. The Morgan fingerprint density at radius 3 is 2.41 bits per heavy atom. The van der Waals surface area contributed by atoms with Crippen LogP contribution in [0.1, 0.15) is 44.1 Å². The first-order valence-electron chi connectivity index (χ1n) is 8.22. The molecular weight excluding hydrogens is 280 g/mol. The van der Waals surface area contributed by atoms with Crippen LogP contribution < -0.4 is 0 Å². The molecule has 22 heavy (non-hydrogen) atoms. The lowest BCUT2D eigenvalue weighted by atomic mass is 9.87. The maximum absolute atomic E-state index is 10.9. The van der Waals surface area contributed by atoms with Crippen LogP contribution >= 0.6 is 0 Å². The molecule has 0 bridgehead atoms. The summed E-state index contributed by atoms with van der Waals surface area (Å²) in [5.41, 5.74) is 1.20. The third kappa shape index (κ3) is 6.16. The van der Waals surface area contributed by atoms with Gasteiger partial charge in [0.1, 0.15) is 0 Å². The van der Waals surface area contributed by atoms with Crippen LogP contribution in [0.15, 0.2) is 30.3 Å². The minimum Gasteiger partial charge on any atom is -0.481 e. The van der Waals surface area contributed by atoms with Crippen molar-refractivity contribution >= 4 is 5.97 Å². The summed E-state index contributed by atoms with van der Waals surface area (Å²) in [5, 5.41) is 8.95. The largest absolute Gasteiger partial charge is 0.481 e. The van der Waals surface area contributed by atoms with Gasteiger partial charge in [-0.15, -0.1) is 0 Å². The maximum atomic E-state index is 10.9. The fourth-order valence-electron chi connectivity index (χ4n) is 2.80. The zero-order valence-corrected chi connectivity index (χ0v) is 13.1. The molecule has 0 radical (unpaired) electrons. The highest BCUT2D eigenvalue weighted by molar-refractivity contribution is 5.70. The highest BCUT2D eigenvalue weighted by Crippen LogP contribution is 2.26. The summed E-state index contributed by atoms with van der Waals surface area (Å²) in [6, 6.07) is 10.2. The van der Waals surface area contributed by atoms with Crippen molar-refractivity contribution in [2.45, 2.75) is 51.2 Å². The topological polar surface area (TPSA) is 55.8 Å². The van der Waals surface area contributed by atoms with Crippen LogP contribution in [0, 0.1) is 5.92 Å². The smallest absolute Gasteiger partial charge is 0.306 e. The van der Waals surface area contributed by atoms with E-state index in [1.165, 1.54) is 5.56 Å². The van der Waals surface area contributed by atoms with E-state index >= 15 is 0 Å². The number of ether oxygens (including phenoxy) is 2. The summed E-state index contributed by atoms with van der Waals surface area (Å²) in [4.78, 5) is 10.9. The van der Waals surface area contributed by atoms with Crippen molar-refractivity contribution in [2.24, 2.45) is 5.92 Å². The molecule has 0 spiro atoms. The molecule has 1 aromatic carbocycles. The molecule has 1 saturated carbocycles. The van der Waals surface area contributed by atoms with Crippen molar-refractivity contribution in [1.82, 2.24) is 0 Å². The van der Waals surface area contributed by atoms with Gasteiger partial charge in [-0.2, -0.15) is 0 Å². The molecule has 2 rings (SSSR count). The molecule has 0 amide bonds. The first-order valence-corrected chi connectivity index (χ1v) is 8.22. The second-order valence-corrected chi connectivity index (χ2v) is 5.93. The lowest BCUT2D eigenvalue weighted by Crippen LogP contribution is -2.26. The molecule has 4 heteroatoms. The normalized spacial score (nSPS) is 21.6. The van der Waals surface area contributed by atoms with E-state index in [1.807, 2.05) is 18.2 Å². The number of carbonyl (C=O) groups is 1. The SMILES string of the molecule is O=C(O)[C@H]1CC[C@H](OCCCCOCc2ccccc2)CC1. The van der Waals surface area contributed by atoms with E-state index in [0.717, 1.165) is 51.7 Å². The van der Waals surface area contributed by atoms with Gasteiger partial charge in [-0.05, 0) is 44.1 Å². The molecule has 122 valence electrons. The minimum absolute atomic E-state index is 0.161. The second kappa shape index (κ2) is 9.59. The average Bonchev–Trinajstić information content (AvgIpc) is 2.55. The summed E-state index contributed by atoms with van der Waals surface area (Å²) in [6.07, 6.45) is 5.50. The first kappa shape index (κ1) is 17.0. The van der Waals surface area contributed by atoms with Crippen molar-refractivity contribution in [3.05, 3.63) is 35.9 Å². The molecule has 0 atom stereocenters. The summed E-state index contributed by atoms with van der Waals surface area (Å²) in [5.74, 6) is -0.819. The highest BCUT2D eigenvalue weighted by atomic mass is 16.5. The second-order valence-electron chi connectivity index (χ2n) is 5.93. The summed E-state index contributed by atoms with van der Waals surface area (Å²) < 4.78 is 11.5. The van der Waals surface area contributed by atoms with Gasteiger partial charge >= 0.3 is 5.97 Å². The van der Waals surface area contributed by atoms with Gasteiger partial charge in [-0.1, -0.05) is 30.3 Å². The molecule has 1 N–H and O–H groups in total. The number of carboxylic acids is 1. The van der Waals surface area contributed by atoms with Crippen molar-refractivity contribution in [2.75, 3.05) is 13.2 Å². The van der Waals surface area contributed by atoms with Crippen LogP contribution in [0.25, 0.3) is 0 Å². The molecule has 1 aromatic rings. The van der Waals surface area contributed by atoms with E-state index in [9.17, 15) is 4.79 Å². The zero-order valence-electron chi connectivity index (χ0n) is 13.1. The number of aliphatic carboxylic acids is 1. The Bertz CT molecular complexity index is 424. The predicted octanol–water partition coefficient (Wildman–Crippen LogP) is 3.64. The quantitative estimate of drug-likeness (QED) is 0.708. The standard InChI is InChI=1S/C18H26O4/c19-18(20)16-8-10-17(11-9-16)22-13-5-4-12-21-14-15-6-2-1-3-7-15/h1-3,6-7,16-17H,4-5,8-14H2,(H,19,20)/t16-,17-. The molecule has 1 aliphatic carbocycles. The van der Waals surface area contributed by atoms with Gasteiger partial charge in [-0.25, -0.2) is 0 Å². The van der Waals surface area contributed by atoms with Crippen LogP contribution in [-0.4, -0.2) is 30.4 Å². The van der Waals surface area contributed by atoms with E-state index in [2.05, 4.69) is 12.1 Å². The van der Waals surface area contributed by atoms with Gasteiger partial charge in [0.25, 0.3) is 0 Å². The molecular formula is C18H26O4. The van der Waals surface area contributed by atoms with Crippen LogP contribution in [0.4, 0.5) is 0 Å². The van der Waals surface area contributed by atoms with Crippen molar-refractivity contribution in [3.63, 3.8) is 0 Å². The molecule has 0 aliphatic heterocycles. The van der Waals surface area contributed by atoms with Crippen LogP contribution in [-0.2, 0) is 20.9 Å². The Balaban J connectivity index is 1.44. The Hall–Kier alpha value is -1.39. The fraction of sp³-hybridized carbons (Fsp3) is 0.611. The fourth-order valence-corrected chi connectivity index (χ4v) is 2.80. The van der Waals surface area contributed by atoms with Crippen molar-refractivity contribution < 1.29 is 19.4 Å². The minimum atomic E-state index is -0.658. The summed E-state index contributed by atoms with van der Waals surface area (Å²) in [7, 11) is 0. The van der Waals surface area contributed by atoms with Crippen LogP contribution in [0.2, 0.25) is 0 Å². The van der Waals surface area contributed by atoms with Gasteiger partial charge in [0.15, 0.2) is 0 Å². The number of carboxylic acid groups (broad SMARTS) is 1. The first-order chi connectivity index (χ1) is 10.8. The molecule has 1 fully saturated rings. The van der Waals surface area contributed by atoms with Crippen LogP contribution in [0.5, 0.6) is 0 Å². The molecule has 0 saturated heterocycles. The maximum Gasteiger partial charge on any atom is 0.306 e. The van der Waals surface area contributed by atoms with Gasteiger partial charge < -0.3 is 14.6 Å². The van der Waals surface area contributed by atoms with Crippen molar-refractivity contribution in [3.8, 4) is 0 Å². The Morgan fingerprint density at radius 2 is 1.73 bits per heavy atom. The van der Waals surface area contributed by atoms with Gasteiger partial charge in [0.2, 0.25) is 0 Å². The van der Waals surface area contributed by atoms with E-state index in [-0.39, 0.29) is 12.0 Å². The summed E-state index contributed by atoms with van der Waals surface area (Å²) >= 11 is 0. The number of unbranched alkanes of at least 4 members (excludes halogenated alkanes) is 1. The monoisotopic (exact) mass is 306 g/mol. The zero-order chi connectivity index (χ0) is 15.6. The van der Waals surface area contributed by atoms with Gasteiger partial charge in [0.05, 0.1) is 18.6 Å². The number of hydrogen-bond donors (Lipinski definition) is 1. The number of benzene rings is 1. The molecule has 1 aliphatic rings. The Labute approximate surface area is 132 Å². The third-order valence-corrected chi connectivity index (χ3v) is 4.17. The lowest BCUT2D eigenvalue weighted by molar-refractivity contribution is -0.143. The van der Waals surface area contributed by atoms with Gasteiger partial charge in [-0.3, -0.25) is 4.79 Å². The third-order valence-electron chi connectivity index (χ3n) is 4.17. The number of hydrogen-bond acceptors (Lipinski definition) is 3. The molecule has 4 nitrogen and oxygen atoms in total. The van der Waals surface area contributed by atoms with E-state index in [0.29, 0.717) is 6.61 Å². The molecule has 0 heterocycles. The Kier molecular flexibility index (Phi) is 7.40. The summed E-state index contributed by atoms with van der Waals surface area (Å²) in [6.45, 7) is 2.17. The highest BCUT2D eigenvalue weighted by Gasteiger charge is 2.25. The molecule has 0 unspecified atom stereocenters. The Morgan fingerprint density at radius 1 is 1.05 bits per heavy atom. The number of rotatable bonds is 9. The average molecular weight is 306 g/mol.